The van der Waals surface area contributed by atoms with E-state index in [0.717, 1.165) is 0 Å². The van der Waals surface area contributed by atoms with Crippen LogP contribution in [0.1, 0.15) is 38.5 Å². The molecular formula is C10H18N2O. The Labute approximate surface area is 78.9 Å². The van der Waals surface area contributed by atoms with E-state index in [1.54, 1.807) is 0 Å². The molecule has 3 heteroatoms. The quantitative estimate of drug-likeness (QED) is 0.674. The van der Waals surface area contributed by atoms with Crippen molar-refractivity contribution in [1.29, 1.82) is 0 Å². The molecule has 74 valence electrons. The topological polar surface area (TPSA) is 69.1 Å². The highest BCUT2D eigenvalue weighted by atomic mass is 16.1. The predicted molar refractivity (Wildman–Crippen MR) is 50.8 cm³/mol. The Kier molecular flexibility index (Phi) is 2.06. The minimum absolute atomic E-state index is 0.235. The van der Waals surface area contributed by atoms with Crippen LogP contribution in [0.2, 0.25) is 0 Å². The summed E-state index contributed by atoms with van der Waals surface area (Å²) in [5, 5.41) is 0. The van der Waals surface area contributed by atoms with Crippen molar-refractivity contribution in [2.75, 3.05) is 0 Å². The molecule has 2 saturated carbocycles. The zero-order valence-corrected chi connectivity index (χ0v) is 7.96. The Morgan fingerprint density at radius 1 is 1.23 bits per heavy atom. The van der Waals surface area contributed by atoms with E-state index in [9.17, 15) is 4.79 Å². The highest BCUT2D eigenvalue weighted by Crippen LogP contribution is 2.49. The number of carbonyl (C=O) groups is 1. The third-order valence-electron chi connectivity index (χ3n) is 3.68. The first-order valence-corrected chi connectivity index (χ1v) is 5.20. The van der Waals surface area contributed by atoms with E-state index >= 15 is 0 Å². The third-order valence-corrected chi connectivity index (χ3v) is 3.68. The molecular weight excluding hydrogens is 164 g/mol. The molecule has 0 aromatic carbocycles. The lowest BCUT2D eigenvalue weighted by molar-refractivity contribution is -0.120. The van der Waals surface area contributed by atoms with Crippen LogP contribution in [0.25, 0.3) is 0 Å². The van der Waals surface area contributed by atoms with E-state index in [4.69, 9.17) is 11.5 Å². The summed E-state index contributed by atoms with van der Waals surface area (Å²) in [7, 11) is 0. The molecule has 1 atom stereocenters. The number of hydrogen-bond acceptors (Lipinski definition) is 2. The van der Waals surface area contributed by atoms with Crippen LogP contribution in [0.4, 0.5) is 0 Å². The molecule has 2 fully saturated rings. The summed E-state index contributed by atoms with van der Waals surface area (Å²) in [5.41, 5.74) is 11.3. The van der Waals surface area contributed by atoms with E-state index in [-0.39, 0.29) is 11.4 Å². The zero-order chi connectivity index (χ0) is 9.47. The van der Waals surface area contributed by atoms with E-state index in [1.165, 1.54) is 32.1 Å². The first-order chi connectivity index (χ1) is 6.13. The molecule has 0 aromatic heterocycles. The van der Waals surface area contributed by atoms with Gasteiger partial charge in [0.2, 0.25) is 5.91 Å². The third kappa shape index (κ3) is 1.57. The smallest absolute Gasteiger partial charge is 0.219 e. The maximum atomic E-state index is 10.9. The van der Waals surface area contributed by atoms with Crippen LogP contribution in [-0.2, 0) is 4.79 Å². The van der Waals surface area contributed by atoms with Crippen LogP contribution in [0.3, 0.4) is 0 Å². The van der Waals surface area contributed by atoms with Crippen LogP contribution in [-0.4, -0.2) is 11.4 Å². The van der Waals surface area contributed by atoms with Crippen LogP contribution < -0.4 is 11.5 Å². The lowest BCUT2D eigenvalue weighted by Crippen LogP contribution is -2.54. The second-order valence-corrected chi connectivity index (χ2v) is 4.66. The van der Waals surface area contributed by atoms with Gasteiger partial charge in [0, 0.05) is 12.0 Å². The highest BCUT2D eigenvalue weighted by Gasteiger charge is 2.49. The van der Waals surface area contributed by atoms with Crippen molar-refractivity contribution in [3.05, 3.63) is 0 Å². The molecule has 2 rings (SSSR count). The van der Waals surface area contributed by atoms with Gasteiger partial charge in [-0.2, -0.15) is 0 Å². The summed E-state index contributed by atoms with van der Waals surface area (Å²) in [6, 6.07) is 0. The molecule has 13 heavy (non-hydrogen) atoms. The van der Waals surface area contributed by atoms with Crippen molar-refractivity contribution in [3.63, 3.8) is 0 Å². The molecule has 2 aliphatic rings. The van der Waals surface area contributed by atoms with Crippen molar-refractivity contribution in [3.8, 4) is 0 Å². The highest BCUT2D eigenvalue weighted by molar-refractivity contribution is 5.75. The maximum absolute atomic E-state index is 10.9. The van der Waals surface area contributed by atoms with Gasteiger partial charge < -0.3 is 11.5 Å². The zero-order valence-electron chi connectivity index (χ0n) is 7.96. The van der Waals surface area contributed by atoms with Gasteiger partial charge in [0.15, 0.2) is 0 Å². The minimum atomic E-state index is -0.246. The molecule has 0 radical (unpaired) electrons. The SMILES string of the molecule is NC(=O)CC(N)(C1CCC1)C1CC1. The predicted octanol–water partition coefficient (Wildman–Crippen LogP) is 0.769. The van der Waals surface area contributed by atoms with Gasteiger partial charge in [-0.05, 0) is 37.5 Å². The summed E-state index contributed by atoms with van der Waals surface area (Å²) in [4.78, 5) is 10.9. The van der Waals surface area contributed by atoms with Gasteiger partial charge in [0.05, 0.1) is 0 Å². The number of carbonyl (C=O) groups excluding carboxylic acids is 1. The maximum Gasteiger partial charge on any atom is 0.219 e. The summed E-state index contributed by atoms with van der Waals surface area (Å²) in [6.07, 6.45) is 6.44. The Morgan fingerprint density at radius 2 is 1.77 bits per heavy atom. The molecule has 4 N–H and O–H groups in total. The van der Waals surface area contributed by atoms with Gasteiger partial charge in [0.1, 0.15) is 0 Å². The first kappa shape index (κ1) is 9.00. The molecule has 0 saturated heterocycles. The van der Waals surface area contributed by atoms with Gasteiger partial charge in [-0.3, -0.25) is 4.79 Å². The van der Waals surface area contributed by atoms with Crippen molar-refractivity contribution < 1.29 is 4.79 Å². The van der Waals surface area contributed by atoms with E-state index in [1.807, 2.05) is 0 Å². The Morgan fingerprint density at radius 3 is 2.08 bits per heavy atom. The van der Waals surface area contributed by atoms with Gasteiger partial charge in [-0.25, -0.2) is 0 Å². The normalized spacial score (nSPS) is 27.8. The van der Waals surface area contributed by atoms with Crippen molar-refractivity contribution in [2.24, 2.45) is 23.3 Å². The number of amides is 1. The Hall–Kier alpha value is -0.570. The molecule has 3 nitrogen and oxygen atoms in total. The number of primary amides is 1. The molecule has 0 spiro atoms. The number of rotatable bonds is 4. The van der Waals surface area contributed by atoms with Crippen LogP contribution in [0, 0.1) is 11.8 Å². The molecule has 0 aliphatic heterocycles. The molecule has 2 aliphatic carbocycles. The van der Waals surface area contributed by atoms with Crippen molar-refractivity contribution >= 4 is 5.91 Å². The molecule has 1 unspecified atom stereocenters. The fraction of sp³-hybridized carbons (Fsp3) is 0.900. The Balaban J connectivity index is 2.04. The van der Waals surface area contributed by atoms with E-state index in [0.29, 0.717) is 18.3 Å². The summed E-state index contributed by atoms with van der Waals surface area (Å²) in [6.45, 7) is 0. The van der Waals surface area contributed by atoms with Crippen molar-refractivity contribution in [1.82, 2.24) is 0 Å². The number of hydrogen-bond donors (Lipinski definition) is 2. The Bertz CT molecular complexity index is 221. The molecule has 0 heterocycles. The van der Waals surface area contributed by atoms with E-state index in [2.05, 4.69) is 0 Å². The fourth-order valence-electron chi connectivity index (χ4n) is 2.49. The van der Waals surface area contributed by atoms with Gasteiger partial charge in [-0.15, -0.1) is 0 Å². The summed E-state index contributed by atoms with van der Waals surface area (Å²) in [5.74, 6) is 0.902. The lowest BCUT2D eigenvalue weighted by atomic mass is 9.67. The lowest BCUT2D eigenvalue weighted by Gasteiger charge is -2.42. The van der Waals surface area contributed by atoms with Crippen LogP contribution in [0.15, 0.2) is 0 Å². The fourth-order valence-corrected chi connectivity index (χ4v) is 2.49. The second-order valence-electron chi connectivity index (χ2n) is 4.66. The second kappa shape index (κ2) is 2.98. The van der Waals surface area contributed by atoms with Crippen molar-refractivity contribution in [2.45, 2.75) is 44.1 Å². The minimum Gasteiger partial charge on any atom is -0.370 e. The molecule has 1 amide bonds. The van der Waals surface area contributed by atoms with E-state index < -0.39 is 0 Å². The average molecular weight is 182 g/mol. The van der Waals surface area contributed by atoms with Crippen LogP contribution in [0.5, 0.6) is 0 Å². The standard InChI is InChI=1S/C10H18N2O/c11-9(13)6-10(12,8-4-5-8)7-2-1-3-7/h7-8H,1-6,12H2,(H2,11,13). The molecule has 0 aromatic rings. The monoisotopic (exact) mass is 182 g/mol. The van der Waals surface area contributed by atoms with Gasteiger partial charge in [0.25, 0.3) is 0 Å². The van der Waals surface area contributed by atoms with Gasteiger partial charge >= 0.3 is 0 Å². The first-order valence-electron chi connectivity index (χ1n) is 5.20. The summed E-state index contributed by atoms with van der Waals surface area (Å²) >= 11 is 0. The largest absolute Gasteiger partial charge is 0.370 e. The average Bonchev–Trinajstić information content (AvgIpc) is 2.57. The molecule has 0 bridgehead atoms. The van der Waals surface area contributed by atoms with Crippen LogP contribution >= 0.6 is 0 Å². The number of nitrogens with two attached hydrogens (primary N) is 2. The summed E-state index contributed by atoms with van der Waals surface area (Å²) < 4.78 is 0. The van der Waals surface area contributed by atoms with Gasteiger partial charge in [-0.1, -0.05) is 6.42 Å².